The summed E-state index contributed by atoms with van der Waals surface area (Å²) in [5.74, 6) is 1.63. The third kappa shape index (κ3) is 3.38. The first-order chi connectivity index (χ1) is 8.89. The first-order valence-electron chi connectivity index (χ1n) is 6.35. The van der Waals surface area contributed by atoms with E-state index in [0.717, 1.165) is 22.5 Å². The van der Waals surface area contributed by atoms with Gasteiger partial charge in [-0.15, -0.1) is 0 Å². The van der Waals surface area contributed by atoms with Gasteiger partial charge < -0.3 is 9.16 Å². The Morgan fingerprint density at radius 2 is 1.63 bits per heavy atom. The summed E-state index contributed by atoms with van der Waals surface area (Å²) in [6, 6.07) is 12.3. The SMILES string of the molecule is C=C(O[Si](C)(C)C)c1ccc2cc(OC)ccc2c1. The van der Waals surface area contributed by atoms with Gasteiger partial charge in [0.2, 0.25) is 8.32 Å². The van der Waals surface area contributed by atoms with Gasteiger partial charge in [-0.1, -0.05) is 24.8 Å². The Hall–Kier alpha value is -1.74. The maximum atomic E-state index is 5.94. The normalized spacial score (nSPS) is 11.4. The van der Waals surface area contributed by atoms with E-state index in [0.29, 0.717) is 0 Å². The predicted octanol–water partition coefficient (Wildman–Crippen LogP) is 4.67. The number of ether oxygens (including phenoxy) is 1. The topological polar surface area (TPSA) is 18.5 Å². The number of fused-ring (bicyclic) bond motifs is 1. The van der Waals surface area contributed by atoms with Crippen LogP contribution in [0.2, 0.25) is 19.6 Å². The second kappa shape index (κ2) is 5.09. The average Bonchev–Trinajstić information content (AvgIpc) is 2.35. The largest absolute Gasteiger partial charge is 0.544 e. The van der Waals surface area contributed by atoms with E-state index in [2.05, 4.69) is 44.4 Å². The van der Waals surface area contributed by atoms with E-state index in [1.807, 2.05) is 18.2 Å². The van der Waals surface area contributed by atoms with Crippen molar-refractivity contribution in [2.45, 2.75) is 19.6 Å². The third-order valence-corrected chi connectivity index (χ3v) is 3.66. The van der Waals surface area contributed by atoms with E-state index in [4.69, 9.17) is 9.16 Å². The molecule has 0 spiro atoms. The molecule has 0 aliphatic heterocycles. The monoisotopic (exact) mass is 272 g/mol. The summed E-state index contributed by atoms with van der Waals surface area (Å²) < 4.78 is 11.2. The molecule has 0 bridgehead atoms. The third-order valence-electron chi connectivity index (χ3n) is 2.80. The average molecular weight is 272 g/mol. The second-order valence-corrected chi connectivity index (χ2v) is 9.99. The van der Waals surface area contributed by atoms with Crippen LogP contribution in [-0.2, 0) is 4.43 Å². The molecule has 2 rings (SSSR count). The highest BCUT2D eigenvalue weighted by atomic mass is 28.4. The fraction of sp³-hybridized carbons (Fsp3) is 0.250. The van der Waals surface area contributed by atoms with E-state index in [1.165, 1.54) is 5.39 Å². The molecule has 0 amide bonds. The first kappa shape index (κ1) is 13.7. The molecule has 0 unspecified atom stereocenters. The molecular formula is C16H20O2Si. The molecule has 2 aromatic carbocycles. The van der Waals surface area contributed by atoms with E-state index in [1.54, 1.807) is 7.11 Å². The summed E-state index contributed by atoms with van der Waals surface area (Å²) >= 11 is 0. The minimum Gasteiger partial charge on any atom is -0.544 e. The second-order valence-electron chi connectivity index (χ2n) is 5.57. The Kier molecular flexibility index (Phi) is 3.67. The van der Waals surface area contributed by atoms with Crippen molar-refractivity contribution in [3.8, 4) is 5.75 Å². The van der Waals surface area contributed by atoms with Crippen LogP contribution in [0.1, 0.15) is 5.56 Å². The van der Waals surface area contributed by atoms with Crippen LogP contribution in [0.15, 0.2) is 43.0 Å². The van der Waals surface area contributed by atoms with Crippen molar-refractivity contribution in [3.05, 3.63) is 48.5 Å². The highest BCUT2D eigenvalue weighted by Gasteiger charge is 2.17. The van der Waals surface area contributed by atoms with Gasteiger partial charge in [-0.3, -0.25) is 0 Å². The van der Waals surface area contributed by atoms with E-state index in [9.17, 15) is 0 Å². The molecule has 0 N–H and O–H groups in total. The van der Waals surface area contributed by atoms with Gasteiger partial charge in [0.15, 0.2) is 0 Å². The van der Waals surface area contributed by atoms with Crippen molar-refractivity contribution < 1.29 is 9.16 Å². The lowest BCUT2D eigenvalue weighted by Crippen LogP contribution is -2.24. The van der Waals surface area contributed by atoms with E-state index in [-0.39, 0.29) is 0 Å². The van der Waals surface area contributed by atoms with Crippen LogP contribution in [0, 0.1) is 0 Å². The molecule has 0 heterocycles. The summed E-state index contributed by atoms with van der Waals surface area (Å²) in [6.45, 7) is 10.5. The minimum atomic E-state index is -1.60. The standard InChI is InChI=1S/C16H20O2Si/c1-12(18-19(3,4)5)13-6-7-15-11-16(17-2)9-8-14(15)10-13/h6-11H,1H2,2-5H3. The smallest absolute Gasteiger partial charge is 0.242 e. The van der Waals surface area contributed by atoms with Crippen LogP contribution < -0.4 is 4.74 Å². The van der Waals surface area contributed by atoms with Gasteiger partial charge in [0.1, 0.15) is 11.5 Å². The Balaban J connectivity index is 2.34. The molecule has 0 aromatic heterocycles. The van der Waals surface area contributed by atoms with Gasteiger partial charge in [-0.05, 0) is 48.6 Å². The summed E-state index contributed by atoms with van der Waals surface area (Å²) in [7, 11) is 0.0749. The van der Waals surface area contributed by atoms with Gasteiger partial charge in [0.25, 0.3) is 0 Å². The van der Waals surface area contributed by atoms with Gasteiger partial charge in [0.05, 0.1) is 7.11 Å². The van der Waals surface area contributed by atoms with Gasteiger partial charge in [-0.2, -0.15) is 0 Å². The number of hydrogen-bond donors (Lipinski definition) is 0. The molecule has 0 radical (unpaired) electrons. The van der Waals surface area contributed by atoms with Gasteiger partial charge in [-0.25, -0.2) is 0 Å². The Bertz CT molecular complexity index is 612. The molecule has 2 aromatic rings. The Labute approximate surface area is 115 Å². The maximum Gasteiger partial charge on any atom is 0.242 e. The van der Waals surface area contributed by atoms with Gasteiger partial charge >= 0.3 is 0 Å². The van der Waals surface area contributed by atoms with Crippen LogP contribution >= 0.6 is 0 Å². The molecule has 0 fully saturated rings. The molecule has 3 heteroatoms. The zero-order valence-corrected chi connectivity index (χ0v) is 13.0. The highest BCUT2D eigenvalue weighted by Crippen LogP contribution is 2.26. The quantitative estimate of drug-likeness (QED) is 0.595. The van der Waals surface area contributed by atoms with Crippen molar-refractivity contribution in [1.82, 2.24) is 0 Å². The van der Waals surface area contributed by atoms with Crippen molar-refractivity contribution >= 4 is 24.8 Å². The van der Waals surface area contributed by atoms with E-state index < -0.39 is 8.32 Å². The zero-order valence-electron chi connectivity index (χ0n) is 12.0. The lowest BCUT2D eigenvalue weighted by Gasteiger charge is -2.21. The lowest BCUT2D eigenvalue weighted by molar-refractivity contribution is 0.415. The molecule has 2 nitrogen and oxygen atoms in total. The maximum absolute atomic E-state index is 5.94. The summed E-state index contributed by atoms with van der Waals surface area (Å²) in [6.07, 6.45) is 0. The van der Waals surface area contributed by atoms with Crippen LogP contribution in [-0.4, -0.2) is 15.4 Å². The molecule has 0 aliphatic rings. The Morgan fingerprint density at radius 3 is 2.26 bits per heavy atom. The number of hydrogen-bond acceptors (Lipinski definition) is 2. The van der Waals surface area contributed by atoms with Crippen molar-refractivity contribution in [3.63, 3.8) is 0 Å². The minimum absolute atomic E-state index is 0.761. The fourth-order valence-electron chi connectivity index (χ4n) is 1.95. The predicted molar refractivity (Wildman–Crippen MR) is 84.0 cm³/mol. The molecule has 0 atom stereocenters. The van der Waals surface area contributed by atoms with Crippen molar-refractivity contribution in [1.29, 1.82) is 0 Å². The molecule has 19 heavy (non-hydrogen) atoms. The Morgan fingerprint density at radius 1 is 1.00 bits per heavy atom. The van der Waals surface area contributed by atoms with Crippen molar-refractivity contribution in [2.24, 2.45) is 0 Å². The number of rotatable bonds is 4. The highest BCUT2D eigenvalue weighted by molar-refractivity contribution is 6.70. The lowest BCUT2D eigenvalue weighted by atomic mass is 10.1. The first-order valence-corrected chi connectivity index (χ1v) is 9.76. The fourth-order valence-corrected chi connectivity index (χ4v) is 2.81. The van der Waals surface area contributed by atoms with Crippen molar-refractivity contribution in [2.75, 3.05) is 7.11 Å². The molecule has 100 valence electrons. The van der Waals surface area contributed by atoms with Gasteiger partial charge in [0, 0.05) is 5.56 Å². The molecule has 0 aliphatic carbocycles. The molecule has 0 saturated carbocycles. The molecule has 0 saturated heterocycles. The summed E-state index contributed by atoms with van der Waals surface area (Å²) in [5.41, 5.74) is 1.04. The zero-order chi connectivity index (χ0) is 14.0. The van der Waals surface area contributed by atoms with Crippen LogP contribution in [0.5, 0.6) is 5.75 Å². The van der Waals surface area contributed by atoms with Crippen LogP contribution in [0.4, 0.5) is 0 Å². The van der Waals surface area contributed by atoms with E-state index >= 15 is 0 Å². The number of methoxy groups -OCH3 is 1. The summed E-state index contributed by atoms with van der Waals surface area (Å²) in [5, 5.41) is 2.32. The van der Waals surface area contributed by atoms with Crippen LogP contribution in [0.3, 0.4) is 0 Å². The molecular weight excluding hydrogens is 252 g/mol. The number of benzene rings is 2. The summed E-state index contributed by atoms with van der Waals surface area (Å²) in [4.78, 5) is 0. The van der Waals surface area contributed by atoms with Crippen LogP contribution in [0.25, 0.3) is 16.5 Å².